The van der Waals surface area contributed by atoms with Gasteiger partial charge in [0.2, 0.25) is 0 Å². The van der Waals surface area contributed by atoms with Crippen LogP contribution < -0.4 is 5.32 Å². The Morgan fingerprint density at radius 2 is 1.76 bits per heavy atom. The minimum absolute atomic E-state index is 0.0920. The monoisotopic (exact) mass is 275 g/mol. The SMILES string of the molecule is CC(NC(C)(C)C(C)O)c1ccc(Cl)c(Cl)c1. The molecule has 0 aliphatic carbocycles. The summed E-state index contributed by atoms with van der Waals surface area (Å²) >= 11 is 11.9. The highest BCUT2D eigenvalue weighted by molar-refractivity contribution is 6.42. The number of hydrogen-bond donors (Lipinski definition) is 2. The molecule has 96 valence electrons. The van der Waals surface area contributed by atoms with Crippen molar-refractivity contribution in [2.75, 3.05) is 0 Å². The molecule has 0 amide bonds. The summed E-state index contributed by atoms with van der Waals surface area (Å²) in [5, 5.41) is 14.1. The van der Waals surface area contributed by atoms with Gasteiger partial charge in [-0.15, -0.1) is 0 Å². The zero-order valence-corrected chi connectivity index (χ0v) is 12.1. The van der Waals surface area contributed by atoms with Gasteiger partial charge in [-0.25, -0.2) is 0 Å². The molecule has 2 nitrogen and oxygen atoms in total. The van der Waals surface area contributed by atoms with Crippen LogP contribution in [0.15, 0.2) is 18.2 Å². The molecule has 0 bridgehead atoms. The molecule has 2 N–H and O–H groups in total. The molecule has 0 fully saturated rings. The van der Waals surface area contributed by atoms with Crippen molar-refractivity contribution in [1.82, 2.24) is 5.32 Å². The first-order valence-corrected chi connectivity index (χ1v) is 6.40. The van der Waals surface area contributed by atoms with E-state index in [1.807, 2.05) is 32.9 Å². The van der Waals surface area contributed by atoms with Gasteiger partial charge in [0, 0.05) is 11.6 Å². The Hall–Kier alpha value is -0.280. The van der Waals surface area contributed by atoms with Crippen LogP contribution in [0, 0.1) is 0 Å². The first-order valence-electron chi connectivity index (χ1n) is 5.64. The predicted molar refractivity (Wildman–Crippen MR) is 73.8 cm³/mol. The van der Waals surface area contributed by atoms with E-state index in [0.29, 0.717) is 10.0 Å². The highest BCUT2D eigenvalue weighted by atomic mass is 35.5. The number of aliphatic hydroxyl groups excluding tert-OH is 1. The maximum Gasteiger partial charge on any atom is 0.0688 e. The van der Waals surface area contributed by atoms with E-state index in [0.717, 1.165) is 5.56 Å². The first-order chi connectivity index (χ1) is 7.74. The van der Waals surface area contributed by atoms with Crippen molar-refractivity contribution in [1.29, 1.82) is 0 Å². The number of nitrogens with one attached hydrogen (secondary N) is 1. The summed E-state index contributed by atoms with van der Waals surface area (Å²) in [7, 11) is 0. The highest BCUT2D eigenvalue weighted by Crippen LogP contribution is 2.26. The van der Waals surface area contributed by atoms with Crippen LogP contribution >= 0.6 is 23.2 Å². The number of aliphatic hydroxyl groups is 1. The maximum absolute atomic E-state index is 9.66. The lowest BCUT2D eigenvalue weighted by atomic mass is 9.96. The topological polar surface area (TPSA) is 32.3 Å². The van der Waals surface area contributed by atoms with Crippen molar-refractivity contribution in [3.05, 3.63) is 33.8 Å². The molecule has 0 aliphatic rings. The molecule has 1 rings (SSSR count). The molecule has 0 aromatic heterocycles. The van der Waals surface area contributed by atoms with Crippen molar-refractivity contribution >= 4 is 23.2 Å². The van der Waals surface area contributed by atoms with Gasteiger partial charge in [0.25, 0.3) is 0 Å². The van der Waals surface area contributed by atoms with Crippen LogP contribution in [0.3, 0.4) is 0 Å². The van der Waals surface area contributed by atoms with Crippen LogP contribution in [-0.4, -0.2) is 16.7 Å². The minimum atomic E-state index is -0.437. The van der Waals surface area contributed by atoms with Gasteiger partial charge in [-0.2, -0.15) is 0 Å². The highest BCUT2D eigenvalue weighted by Gasteiger charge is 2.26. The summed E-state index contributed by atoms with van der Waals surface area (Å²) in [6, 6.07) is 5.66. The Bertz CT molecular complexity index is 391. The molecule has 2 atom stereocenters. The summed E-state index contributed by atoms with van der Waals surface area (Å²) in [5.74, 6) is 0. The number of rotatable bonds is 4. The smallest absolute Gasteiger partial charge is 0.0688 e. The summed E-state index contributed by atoms with van der Waals surface area (Å²) in [6.45, 7) is 7.73. The lowest BCUT2D eigenvalue weighted by Gasteiger charge is -2.33. The largest absolute Gasteiger partial charge is 0.392 e. The van der Waals surface area contributed by atoms with Gasteiger partial charge >= 0.3 is 0 Å². The summed E-state index contributed by atoms with van der Waals surface area (Å²) in [6.07, 6.45) is -0.437. The standard InChI is InChI=1S/C13H19Cl2NO/c1-8(16-13(3,4)9(2)17)10-5-6-11(14)12(15)7-10/h5-9,16-17H,1-4H3. The van der Waals surface area contributed by atoms with Gasteiger partial charge in [0.15, 0.2) is 0 Å². The molecule has 4 heteroatoms. The minimum Gasteiger partial charge on any atom is -0.392 e. The second-order valence-corrected chi connectivity index (χ2v) is 5.75. The summed E-state index contributed by atoms with van der Waals surface area (Å²) in [4.78, 5) is 0. The van der Waals surface area contributed by atoms with E-state index in [-0.39, 0.29) is 11.6 Å². The molecule has 1 aromatic carbocycles. The average Bonchev–Trinajstić information content (AvgIpc) is 2.21. The molecule has 0 spiro atoms. The molecular formula is C13H19Cl2NO. The average molecular weight is 276 g/mol. The Balaban J connectivity index is 2.83. The molecule has 0 saturated heterocycles. The Morgan fingerprint density at radius 3 is 2.24 bits per heavy atom. The van der Waals surface area contributed by atoms with E-state index in [1.165, 1.54) is 0 Å². The number of halogens is 2. The van der Waals surface area contributed by atoms with Crippen molar-refractivity contribution in [3.8, 4) is 0 Å². The zero-order chi connectivity index (χ0) is 13.2. The molecule has 0 aliphatic heterocycles. The van der Waals surface area contributed by atoms with Crippen molar-refractivity contribution < 1.29 is 5.11 Å². The fourth-order valence-corrected chi connectivity index (χ4v) is 1.85. The molecule has 0 heterocycles. The second-order valence-electron chi connectivity index (χ2n) is 4.94. The van der Waals surface area contributed by atoms with Crippen LogP contribution in [0.1, 0.15) is 39.3 Å². The first kappa shape index (κ1) is 14.8. The molecule has 0 saturated carbocycles. The molecule has 1 aromatic rings. The van der Waals surface area contributed by atoms with Gasteiger partial charge in [0.05, 0.1) is 16.1 Å². The Morgan fingerprint density at radius 1 is 1.18 bits per heavy atom. The van der Waals surface area contributed by atoms with Gasteiger partial charge in [-0.3, -0.25) is 0 Å². The molecule has 0 radical (unpaired) electrons. The van der Waals surface area contributed by atoms with E-state index >= 15 is 0 Å². The molecular weight excluding hydrogens is 257 g/mol. The van der Waals surface area contributed by atoms with Crippen LogP contribution in [0.4, 0.5) is 0 Å². The second kappa shape index (κ2) is 5.57. The fourth-order valence-electron chi connectivity index (χ4n) is 1.54. The van der Waals surface area contributed by atoms with Gasteiger partial charge in [-0.05, 0) is 45.4 Å². The molecule has 17 heavy (non-hydrogen) atoms. The third kappa shape index (κ3) is 3.85. The molecule has 2 unspecified atom stereocenters. The van der Waals surface area contributed by atoms with E-state index < -0.39 is 6.10 Å². The fraction of sp³-hybridized carbons (Fsp3) is 0.538. The van der Waals surface area contributed by atoms with Gasteiger partial charge in [-0.1, -0.05) is 29.3 Å². The van der Waals surface area contributed by atoms with E-state index in [2.05, 4.69) is 5.32 Å². The lowest BCUT2D eigenvalue weighted by Crippen LogP contribution is -2.49. The van der Waals surface area contributed by atoms with Crippen LogP contribution in [0.2, 0.25) is 10.0 Å². The van der Waals surface area contributed by atoms with Crippen LogP contribution in [0.5, 0.6) is 0 Å². The number of benzene rings is 1. The van der Waals surface area contributed by atoms with Gasteiger partial charge < -0.3 is 10.4 Å². The van der Waals surface area contributed by atoms with E-state index in [9.17, 15) is 5.11 Å². The Kier molecular flexibility index (Phi) is 4.85. The normalized spacial score (nSPS) is 15.7. The van der Waals surface area contributed by atoms with Crippen molar-refractivity contribution in [2.24, 2.45) is 0 Å². The summed E-state index contributed by atoms with van der Waals surface area (Å²) < 4.78 is 0. The zero-order valence-electron chi connectivity index (χ0n) is 10.6. The maximum atomic E-state index is 9.66. The van der Waals surface area contributed by atoms with Gasteiger partial charge in [0.1, 0.15) is 0 Å². The lowest BCUT2D eigenvalue weighted by molar-refractivity contribution is 0.0895. The van der Waals surface area contributed by atoms with Crippen molar-refractivity contribution in [2.45, 2.75) is 45.4 Å². The van der Waals surface area contributed by atoms with E-state index in [4.69, 9.17) is 23.2 Å². The third-order valence-electron chi connectivity index (χ3n) is 3.08. The summed E-state index contributed by atoms with van der Waals surface area (Å²) in [5.41, 5.74) is 0.694. The third-order valence-corrected chi connectivity index (χ3v) is 3.82. The predicted octanol–water partition coefficient (Wildman–Crippen LogP) is 3.80. The van der Waals surface area contributed by atoms with Crippen molar-refractivity contribution in [3.63, 3.8) is 0 Å². The number of hydrogen-bond acceptors (Lipinski definition) is 2. The van der Waals surface area contributed by atoms with Crippen LogP contribution in [-0.2, 0) is 0 Å². The van der Waals surface area contributed by atoms with Crippen LogP contribution in [0.25, 0.3) is 0 Å². The quantitative estimate of drug-likeness (QED) is 0.876. The Labute approximate surface area is 113 Å². The van der Waals surface area contributed by atoms with E-state index in [1.54, 1.807) is 13.0 Å².